The number of hydrogen-bond donors (Lipinski definition) is 2. The molecule has 0 saturated heterocycles. The number of primary amides is 1. The average Bonchev–Trinajstić information content (AvgIpc) is 2.85. The molecule has 2 aromatic rings. The fourth-order valence-electron chi connectivity index (χ4n) is 3.17. The molecule has 0 spiro atoms. The van der Waals surface area contributed by atoms with Crippen LogP contribution in [0.5, 0.6) is 0 Å². The Balaban J connectivity index is 2.16. The molecule has 0 saturated carbocycles. The first-order chi connectivity index (χ1) is 10.1. The molecule has 5 nitrogen and oxygen atoms in total. The number of benzene rings is 1. The number of H-pyrrole nitrogens is 1. The van der Waals surface area contributed by atoms with Gasteiger partial charge in [0.1, 0.15) is 0 Å². The van der Waals surface area contributed by atoms with Crippen molar-refractivity contribution in [3.63, 3.8) is 0 Å². The molecule has 3 rings (SSSR count). The van der Waals surface area contributed by atoms with Crippen molar-refractivity contribution in [1.82, 2.24) is 4.98 Å². The first-order valence-corrected chi connectivity index (χ1v) is 7.23. The van der Waals surface area contributed by atoms with Crippen molar-refractivity contribution in [2.45, 2.75) is 32.1 Å². The Bertz CT molecular complexity index is 718. The Morgan fingerprint density at radius 3 is 2.95 bits per heavy atom. The van der Waals surface area contributed by atoms with Gasteiger partial charge in [0, 0.05) is 11.1 Å². The van der Waals surface area contributed by atoms with E-state index in [0.29, 0.717) is 12.2 Å². The van der Waals surface area contributed by atoms with Crippen molar-refractivity contribution in [1.29, 1.82) is 0 Å². The number of aryl methyl sites for hydroxylation is 1. The van der Waals surface area contributed by atoms with E-state index in [0.717, 1.165) is 41.4 Å². The van der Waals surface area contributed by atoms with Crippen LogP contribution in [-0.4, -0.2) is 23.5 Å². The van der Waals surface area contributed by atoms with Gasteiger partial charge in [-0.1, -0.05) is 12.1 Å². The fourth-order valence-corrected chi connectivity index (χ4v) is 3.17. The number of aromatic amines is 1. The molecule has 21 heavy (non-hydrogen) atoms. The lowest BCUT2D eigenvalue weighted by atomic mass is 9.86. The number of nitrogens with one attached hydrogen (secondary N) is 1. The number of carbonyl (C=O) groups excluding carboxylic acids is 2. The van der Waals surface area contributed by atoms with Crippen LogP contribution in [0.4, 0.5) is 0 Å². The zero-order valence-electron chi connectivity index (χ0n) is 11.9. The number of ether oxygens (including phenoxy) is 1. The number of esters is 1. The maximum Gasteiger partial charge on any atom is 0.314 e. The quantitative estimate of drug-likeness (QED) is 0.849. The van der Waals surface area contributed by atoms with E-state index >= 15 is 0 Å². The molecule has 0 fully saturated rings. The summed E-state index contributed by atoms with van der Waals surface area (Å²) in [6, 6.07) is 5.49. The Morgan fingerprint density at radius 1 is 1.43 bits per heavy atom. The van der Waals surface area contributed by atoms with Crippen LogP contribution in [0.3, 0.4) is 0 Å². The lowest BCUT2D eigenvalue weighted by molar-refractivity contribution is -0.145. The highest BCUT2D eigenvalue weighted by atomic mass is 16.5. The van der Waals surface area contributed by atoms with Gasteiger partial charge in [-0.2, -0.15) is 0 Å². The number of hydrogen-bond acceptors (Lipinski definition) is 3. The summed E-state index contributed by atoms with van der Waals surface area (Å²) in [5.74, 6) is -0.945. The van der Waals surface area contributed by atoms with Crippen LogP contribution >= 0.6 is 0 Å². The summed E-state index contributed by atoms with van der Waals surface area (Å²) in [6.07, 6.45) is 2.60. The van der Waals surface area contributed by atoms with E-state index in [1.807, 2.05) is 12.1 Å². The lowest BCUT2D eigenvalue weighted by Gasteiger charge is -2.20. The molecule has 1 aliphatic rings. The van der Waals surface area contributed by atoms with Crippen molar-refractivity contribution in [2.24, 2.45) is 5.73 Å². The summed E-state index contributed by atoms with van der Waals surface area (Å²) in [6.45, 7) is 2.18. The van der Waals surface area contributed by atoms with Crippen LogP contribution < -0.4 is 5.73 Å². The van der Waals surface area contributed by atoms with Gasteiger partial charge < -0.3 is 15.5 Å². The largest absolute Gasteiger partial charge is 0.465 e. The molecule has 1 amide bonds. The predicted octanol–water partition coefficient (Wildman–Crippen LogP) is 2.25. The van der Waals surface area contributed by atoms with Crippen molar-refractivity contribution in [3.05, 3.63) is 35.0 Å². The highest BCUT2D eigenvalue weighted by Crippen LogP contribution is 2.37. The molecule has 1 heterocycles. The summed E-state index contributed by atoms with van der Waals surface area (Å²) in [4.78, 5) is 26.9. The third-order valence-electron chi connectivity index (χ3n) is 4.08. The van der Waals surface area contributed by atoms with E-state index < -0.39 is 5.91 Å². The maximum atomic E-state index is 12.1. The summed E-state index contributed by atoms with van der Waals surface area (Å²) in [5.41, 5.74) is 8.61. The minimum Gasteiger partial charge on any atom is -0.465 e. The van der Waals surface area contributed by atoms with E-state index in [1.54, 1.807) is 13.0 Å². The fraction of sp³-hybridized carbons (Fsp3) is 0.375. The molecule has 110 valence electrons. The number of fused-ring (bicyclic) bond motifs is 3. The Hall–Kier alpha value is -2.30. The minimum absolute atomic E-state index is 0.203. The van der Waals surface area contributed by atoms with Crippen LogP contribution in [0.15, 0.2) is 18.2 Å². The number of amides is 1. The smallest absolute Gasteiger partial charge is 0.314 e. The molecule has 5 heteroatoms. The predicted molar refractivity (Wildman–Crippen MR) is 79.1 cm³/mol. The summed E-state index contributed by atoms with van der Waals surface area (Å²) >= 11 is 0. The highest BCUT2D eigenvalue weighted by molar-refractivity contribution is 6.06. The SMILES string of the molecule is CCOC(=O)[C@@H]1CCCc2c1[nH]c1c(C(N)=O)cccc21. The van der Waals surface area contributed by atoms with Crippen molar-refractivity contribution in [3.8, 4) is 0 Å². The van der Waals surface area contributed by atoms with Crippen LogP contribution in [0.25, 0.3) is 10.9 Å². The second-order valence-corrected chi connectivity index (χ2v) is 5.31. The van der Waals surface area contributed by atoms with Gasteiger partial charge in [0.15, 0.2) is 0 Å². The van der Waals surface area contributed by atoms with Gasteiger partial charge in [0.25, 0.3) is 5.91 Å². The highest BCUT2D eigenvalue weighted by Gasteiger charge is 2.31. The molecule has 0 aliphatic heterocycles. The molecule has 3 N–H and O–H groups in total. The van der Waals surface area contributed by atoms with Gasteiger partial charge in [0.05, 0.1) is 23.6 Å². The van der Waals surface area contributed by atoms with Gasteiger partial charge in [-0.25, -0.2) is 0 Å². The first kappa shape index (κ1) is 13.7. The number of nitrogens with two attached hydrogens (primary N) is 1. The van der Waals surface area contributed by atoms with E-state index in [9.17, 15) is 9.59 Å². The molecular weight excluding hydrogens is 268 g/mol. The summed E-state index contributed by atoms with van der Waals surface area (Å²) < 4.78 is 5.16. The van der Waals surface area contributed by atoms with Crippen molar-refractivity contribution in [2.75, 3.05) is 6.61 Å². The van der Waals surface area contributed by atoms with Gasteiger partial charge in [-0.3, -0.25) is 9.59 Å². The topological polar surface area (TPSA) is 85.2 Å². The van der Waals surface area contributed by atoms with Gasteiger partial charge >= 0.3 is 5.97 Å². The normalized spacial score (nSPS) is 17.5. The van der Waals surface area contributed by atoms with Crippen molar-refractivity contribution < 1.29 is 14.3 Å². The molecule has 0 unspecified atom stereocenters. The van der Waals surface area contributed by atoms with E-state index in [4.69, 9.17) is 10.5 Å². The standard InChI is InChI=1S/C16H18N2O3/c1-2-21-16(20)12-8-4-6-10-9-5-3-7-11(15(17)19)13(9)18-14(10)12/h3,5,7,12,18H,2,4,6,8H2,1H3,(H2,17,19)/t12-/m1/s1. The zero-order valence-corrected chi connectivity index (χ0v) is 11.9. The number of para-hydroxylation sites is 1. The number of aromatic nitrogens is 1. The maximum absolute atomic E-state index is 12.1. The van der Waals surface area contributed by atoms with Crippen LogP contribution in [-0.2, 0) is 16.0 Å². The Labute approximate surface area is 122 Å². The van der Waals surface area contributed by atoms with Crippen LogP contribution in [0.1, 0.15) is 47.3 Å². The van der Waals surface area contributed by atoms with E-state index in [1.165, 1.54) is 0 Å². The third-order valence-corrected chi connectivity index (χ3v) is 4.08. The van der Waals surface area contributed by atoms with Crippen LogP contribution in [0, 0.1) is 0 Å². The Morgan fingerprint density at radius 2 is 2.24 bits per heavy atom. The first-order valence-electron chi connectivity index (χ1n) is 7.23. The van der Waals surface area contributed by atoms with Gasteiger partial charge in [-0.15, -0.1) is 0 Å². The number of rotatable bonds is 3. The molecule has 1 aromatic carbocycles. The summed E-state index contributed by atoms with van der Waals surface area (Å²) in [5, 5.41) is 0.982. The van der Waals surface area contributed by atoms with Crippen LogP contribution in [0.2, 0.25) is 0 Å². The van der Waals surface area contributed by atoms with Gasteiger partial charge in [0.2, 0.25) is 0 Å². The van der Waals surface area contributed by atoms with E-state index in [2.05, 4.69) is 4.98 Å². The van der Waals surface area contributed by atoms with Crippen molar-refractivity contribution >= 4 is 22.8 Å². The summed E-state index contributed by atoms with van der Waals surface area (Å²) in [7, 11) is 0. The molecule has 0 radical (unpaired) electrons. The molecular formula is C16H18N2O3. The molecule has 1 aliphatic carbocycles. The lowest BCUT2D eigenvalue weighted by Crippen LogP contribution is -2.20. The van der Waals surface area contributed by atoms with Gasteiger partial charge in [-0.05, 0) is 37.8 Å². The second-order valence-electron chi connectivity index (χ2n) is 5.31. The average molecular weight is 286 g/mol. The van der Waals surface area contributed by atoms with E-state index in [-0.39, 0.29) is 11.9 Å². The third kappa shape index (κ3) is 2.18. The molecule has 1 aromatic heterocycles. The minimum atomic E-state index is -0.466. The number of carbonyl (C=O) groups is 2. The Kier molecular flexibility index (Phi) is 3.41. The zero-order chi connectivity index (χ0) is 15.0. The molecule has 0 bridgehead atoms. The molecule has 1 atom stereocenters. The second kappa shape index (κ2) is 5.24. The monoisotopic (exact) mass is 286 g/mol.